The van der Waals surface area contributed by atoms with E-state index in [1.165, 1.54) is 0 Å². The van der Waals surface area contributed by atoms with Crippen molar-refractivity contribution < 1.29 is 42.6 Å². The van der Waals surface area contributed by atoms with Crippen LogP contribution < -0.4 is 14.2 Å². The van der Waals surface area contributed by atoms with E-state index in [-0.39, 0.29) is 12.2 Å². The summed E-state index contributed by atoms with van der Waals surface area (Å²) < 4.78 is 49.3. The van der Waals surface area contributed by atoms with Crippen LogP contribution in [0.15, 0.2) is 36.4 Å². The van der Waals surface area contributed by atoms with Crippen LogP contribution in [0.2, 0.25) is 0 Å². The predicted octanol–water partition coefficient (Wildman–Crippen LogP) is 3.13. The molecular weight excluding hydrogens is 520 g/mol. The van der Waals surface area contributed by atoms with Crippen molar-refractivity contribution in [2.75, 3.05) is 93.5 Å². The molecule has 0 aliphatic rings. The van der Waals surface area contributed by atoms with Crippen LogP contribution in [0.4, 0.5) is 0 Å². The molecule has 0 radical (unpaired) electrons. The molecular formula is C29H38N2O9. The second-order valence-corrected chi connectivity index (χ2v) is 8.16. The summed E-state index contributed by atoms with van der Waals surface area (Å²) in [7, 11) is 3.26. The van der Waals surface area contributed by atoms with Gasteiger partial charge in [-0.2, -0.15) is 10.5 Å². The summed E-state index contributed by atoms with van der Waals surface area (Å²) in [6.07, 6.45) is 0. The summed E-state index contributed by atoms with van der Waals surface area (Å²) in [5.41, 5.74) is 1.36. The van der Waals surface area contributed by atoms with E-state index in [0.29, 0.717) is 102 Å². The van der Waals surface area contributed by atoms with E-state index in [2.05, 4.69) is 0 Å². The molecule has 2 aromatic rings. The average molecular weight is 559 g/mol. The monoisotopic (exact) mass is 558 g/mol. The highest BCUT2D eigenvalue weighted by Gasteiger charge is 2.08. The van der Waals surface area contributed by atoms with Crippen molar-refractivity contribution in [1.29, 1.82) is 10.5 Å². The highest BCUT2D eigenvalue weighted by molar-refractivity contribution is 5.49. The molecule has 11 nitrogen and oxygen atoms in total. The summed E-state index contributed by atoms with van der Waals surface area (Å²) in [6.45, 7) is 5.73. The van der Waals surface area contributed by atoms with Crippen LogP contribution in [0, 0.1) is 22.7 Å². The molecule has 218 valence electrons. The first kappa shape index (κ1) is 32.8. The SMILES string of the molecule is COCCOCCOCCOc1cc(COc2ccc(C#N)c(C#N)c2)cc(OCCOCCOCCOC)c1. The number of rotatable bonds is 23. The van der Waals surface area contributed by atoms with Gasteiger partial charge >= 0.3 is 0 Å². The van der Waals surface area contributed by atoms with Crippen LogP contribution in [0.5, 0.6) is 17.2 Å². The van der Waals surface area contributed by atoms with E-state index in [9.17, 15) is 5.26 Å². The van der Waals surface area contributed by atoms with Crippen LogP contribution in [-0.2, 0) is 35.0 Å². The van der Waals surface area contributed by atoms with Gasteiger partial charge in [0.25, 0.3) is 0 Å². The van der Waals surface area contributed by atoms with Gasteiger partial charge in [-0.05, 0) is 35.9 Å². The Morgan fingerprint density at radius 1 is 0.500 bits per heavy atom. The van der Waals surface area contributed by atoms with Crippen molar-refractivity contribution in [3.63, 3.8) is 0 Å². The third kappa shape index (κ3) is 14.1. The van der Waals surface area contributed by atoms with Crippen LogP contribution in [0.3, 0.4) is 0 Å². The molecule has 0 heterocycles. The topological polar surface area (TPSA) is 131 Å². The fourth-order valence-electron chi connectivity index (χ4n) is 3.22. The van der Waals surface area contributed by atoms with Crippen LogP contribution in [0.25, 0.3) is 0 Å². The van der Waals surface area contributed by atoms with Gasteiger partial charge < -0.3 is 42.6 Å². The van der Waals surface area contributed by atoms with E-state index in [1.807, 2.05) is 24.3 Å². The molecule has 0 bridgehead atoms. The molecule has 0 aromatic heterocycles. The van der Waals surface area contributed by atoms with Gasteiger partial charge in [0, 0.05) is 20.3 Å². The van der Waals surface area contributed by atoms with Crippen LogP contribution in [0.1, 0.15) is 16.7 Å². The Hall–Kier alpha value is -3.42. The molecule has 0 aliphatic carbocycles. The molecule has 0 saturated heterocycles. The largest absolute Gasteiger partial charge is 0.491 e. The first-order chi connectivity index (χ1) is 19.7. The van der Waals surface area contributed by atoms with Gasteiger partial charge in [0.15, 0.2) is 0 Å². The lowest BCUT2D eigenvalue weighted by Crippen LogP contribution is -2.13. The summed E-state index contributed by atoms with van der Waals surface area (Å²) >= 11 is 0. The normalized spacial score (nSPS) is 10.6. The molecule has 11 heteroatoms. The highest BCUT2D eigenvalue weighted by Crippen LogP contribution is 2.25. The third-order valence-corrected chi connectivity index (χ3v) is 5.18. The van der Waals surface area contributed by atoms with E-state index >= 15 is 0 Å². The molecule has 0 amide bonds. The minimum Gasteiger partial charge on any atom is -0.491 e. The second kappa shape index (κ2) is 21.4. The quantitative estimate of drug-likeness (QED) is 0.186. The van der Waals surface area contributed by atoms with Gasteiger partial charge in [0.1, 0.15) is 49.2 Å². The van der Waals surface area contributed by atoms with E-state index in [4.69, 9.17) is 47.9 Å². The highest BCUT2D eigenvalue weighted by atomic mass is 16.6. The summed E-state index contributed by atoms with van der Waals surface area (Å²) in [4.78, 5) is 0. The maximum Gasteiger partial charge on any atom is 0.123 e. The molecule has 40 heavy (non-hydrogen) atoms. The molecule has 0 spiro atoms. The predicted molar refractivity (Wildman–Crippen MR) is 145 cm³/mol. The Morgan fingerprint density at radius 2 is 0.975 bits per heavy atom. The fourth-order valence-corrected chi connectivity index (χ4v) is 3.22. The first-order valence-corrected chi connectivity index (χ1v) is 13.0. The number of benzene rings is 2. The fraction of sp³-hybridized carbons (Fsp3) is 0.517. The van der Waals surface area contributed by atoms with Gasteiger partial charge in [-0.15, -0.1) is 0 Å². The summed E-state index contributed by atoms with van der Waals surface area (Å²) in [5.74, 6) is 1.67. The van der Waals surface area contributed by atoms with Gasteiger partial charge in [0.05, 0.1) is 77.2 Å². The lowest BCUT2D eigenvalue weighted by Gasteiger charge is -2.14. The standard InChI is InChI=1S/C29H38N2O9/c1-32-5-7-34-9-11-36-13-15-38-28-17-24(23-40-27-4-3-25(21-30)26(19-27)22-31)18-29(20-28)39-16-14-37-12-10-35-8-6-33-2/h3-4,17-20H,5-16,23H2,1-2H3. The van der Waals surface area contributed by atoms with Gasteiger partial charge in [-0.1, -0.05) is 0 Å². The van der Waals surface area contributed by atoms with E-state index in [0.717, 1.165) is 5.56 Å². The zero-order valence-corrected chi connectivity index (χ0v) is 23.2. The summed E-state index contributed by atoms with van der Waals surface area (Å²) in [6, 6.07) is 14.3. The lowest BCUT2D eigenvalue weighted by atomic mass is 10.1. The number of hydrogen-bond acceptors (Lipinski definition) is 11. The Kier molecular flexibility index (Phi) is 17.5. The first-order valence-electron chi connectivity index (χ1n) is 13.0. The van der Waals surface area contributed by atoms with Crippen molar-refractivity contribution in [2.24, 2.45) is 0 Å². The Labute approximate surface area is 235 Å². The zero-order valence-electron chi connectivity index (χ0n) is 23.2. The molecule has 0 fully saturated rings. The minimum absolute atomic E-state index is 0.203. The number of methoxy groups -OCH3 is 2. The van der Waals surface area contributed by atoms with Crippen molar-refractivity contribution in [2.45, 2.75) is 6.61 Å². The Bertz CT molecular complexity index is 1010. The van der Waals surface area contributed by atoms with Crippen molar-refractivity contribution in [1.82, 2.24) is 0 Å². The summed E-state index contributed by atoms with van der Waals surface area (Å²) in [5, 5.41) is 18.4. The van der Waals surface area contributed by atoms with Gasteiger partial charge in [0.2, 0.25) is 0 Å². The van der Waals surface area contributed by atoms with Crippen LogP contribution >= 0.6 is 0 Å². The minimum atomic E-state index is 0.203. The van der Waals surface area contributed by atoms with Crippen molar-refractivity contribution in [3.8, 4) is 29.4 Å². The molecule has 0 N–H and O–H groups in total. The molecule has 0 saturated carbocycles. The third-order valence-electron chi connectivity index (χ3n) is 5.18. The number of ether oxygens (including phenoxy) is 9. The van der Waals surface area contributed by atoms with E-state index < -0.39 is 0 Å². The molecule has 0 unspecified atom stereocenters. The maximum absolute atomic E-state index is 9.27. The molecule has 0 aliphatic heterocycles. The Morgan fingerprint density at radius 3 is 1.45 bits per heavy atom. The smallest absolute Gasteiger partial charge is 0.123 e. The Balaban J connectivity index is 1.88. The van der Waals surface area contributed by atoms with Gasteiger partial charge in [-0.25, -0.2) is 0 Å². The number of nitriles is 2. The van der Waals surface area contributed by atoms with Crippen molar-refractivity contribution in [3.05, 3.63) is 53.1 Å². The lowest BCUT2D eigenvalue weighted by molar-refractivity contribution is 0.0174. The average Bonchev–Trinajstić information content (AvgIpc) is 2.98. The number of hydrogen-bond donors (Lipinski definition) is 0. The molecule has 2 aromatic carbocycles. The zero-order chi connectivity index (χ0) is 28.7. The second-order valence-electron chi connectivity index (χ2n) is 8.16. The van der Waals surface area contributed by atoms with E-state index in [1.54, 1.807) is 38.5 Å². The van der Waals surface area contributed by atoms with Crippen molar-refractivity contribution >= 4 is 0 Å². The van der Waals surface area contributed by atoms with Gasteiger partial charge in [-0.3, -0.25) is 0 Å². The van der Waals surface area contributed by atoms with Crippen LogP contribution in [-0.4, -0.2) is 93.5 Å². The molecule has 2 rings (SSSR count). The maximum atomic E-state index is 9.27. The molecule has 0 atom stereocenters. The number of nitrogens with zero attached hydrogens (tertiary/aromatic N) is 2.